The summed E-state index contributed by atoms with van der Waals surface area (Å²) in [4.78, 5) is 11.0. The number of carboxylic acids is 1. The van der Waals surface area contributed by atoms with E-state index in [-0.39, 0.29) is 11.8 Å². The lowest BCUT2D eigenvalue weighted by Crippen LogP contribution is -2.14. The van der Waals surface area contributed by atoms with Crippen molar-refractivity contribution in [1.82, 2.24) is 0 Å². The number of aliphatic carboxylic acids is 1. The molecule has 1 aromatic carbocycles. The highest BCUT2D eigenvalue weighted by Gasteiger charge is 2.46. The van der Waals surface area contributed by atoms with Crippen molar-refractivity contribution in [3.63, 3.8) is 0 Å². The summed E-state index contributed by atoms with van der Waals surface area (Å²) < 4.78 is 0. The van der Waals surface area contributed by atoms with Crippen molar-refractivity contribution in [2.75, 3.05) is 11.5 Å². The highest BCUT2D eigenvalue weighted by Crippen LogP contribution is 2.51. The maximum Gasteiger partial charge on any atom is 0.304 e. The Labute approximate surface area is 118 Å². The first-order valence-corrected chi connectivity index (χ1v) is 8.25. The molecule has 3 rings (SSSR count). The summed E-state index contributed by atoms with van der Waals surface area (Å²) in [5.74, 6) is 2.53. The van der Waals surface area contributed by atoms with Gasteiger partial charge in [-0.3, -0.25) is 4.79 Å². The van der Waals surface area contributed by atoms with Crippen molar-refractivity contribution in [3.8, 4) is 0 Å². The maximum atomic E-state index is 11.0. The van der Waals surface area contributed by atoms with Crippen LogP contribution in [0.1, 0.15) is 49.1 Å². The molecule has 0 bridgehead atoms. The predicted molar refractivity (Wildman–Crippen MR) is 78.9 cm³/mol. The molecule has 2 nitrogen and oxygen atoms in total. The Morgan fingerprint density at radius 1 is 1.32 bits per heavy atom. The smallest absolute Gasteiger partial charge is 0.304 e. The van der Waals surface area contributed by atoms with Gasteiger partial charge in [0.25, 0.3) is 0 Å². The highest BCUT2D eigenvalue weighted by atomic mass is 32.2. The fourth-order valence-corrected chi connectivity index (χ4v) is 4.27. The lowest BCUT2D eigenvalue weighted by molar-refractivity contribution is -0.137. The van der Waals surface area contributed by atoms with Gasteiger partial charge in [-0.05, 0) is 54.2 Å². The van der Waals surface area contributed by atoms with Gasteiger partial charge < -0.3 is 5.11 Å². The number of hydrogen-bond acceptors (Lipinski definition) is 2. The summed E-state index contributed by atoms with van der Waals surface area (Å²) in [6.07, 6.45) is 4.88. The molecule has 0 amide bonds. The quantitative estimate of drug-likeness (QED) is 0.908. The van der Waals surface area contributed by atoms with Crippen LogP contribution in [0.3, 0.4) is 0 Å². The van der Waals surface area contributed by atoms with E-state index in [4.69, 9.17) is 5.11 Å². The van der Waals surface area contributed by atoms with Gasteiger partial charge in [0.1, 0.15) is 0 Å². The van der Waals surface area contributed by atoms with E-state index < -0.39 is 5.97 Å². The molecule has 1 aliphatic carbocycles. The third kappa shape index (κ3) is 2.81. The molecule has 2 aliphatic rings. The number of carboxylic acid groups (broad SMARTS) is 1. The molecular formula is C16H20O2S. The van der Waals surface area contributed by atoms with Crippen LogP contribution in [0.5, 0.6) is 0 Å². The molecule has 2 fully saturated rings. The SMILES string of the molecule is O=C(O)CC1(c2cccc(C3CCSCC3)c2)CC1. The first-order valence-electron chi connectivity index (χ1n) is 7.10. The first kappa shape index (κ1) is 13.0. The topological polar surface area (TPSA) is 37.3 Å². The summed E-state index contributed by atoms with van der Waals surface area (Å²) >= 11 is 2.05. The van der Waals surface area contributed by atoms with Crippen LogP contribution in [0.4, 0.5) is 0 Å². The van der Waals surface area contributed by atoms with Crippen LogP contribution in [-0.4, -0.2) is 22.6 Å². The van der Waals surface area contributed by atoms with Crippen LogP contribution in [0.15, 0.2) is 24.3 Å². The van der Waals surface area contributed by atoms with E-state index >= 15 is 0 Å². The van der Waals surface area contributed by atoms with Crippen LogP contribution in [0.2, 0.25) is 0 Å². The molecule has 1 aromatic rings. The minimum Gasteiger partial charge on any atom is -0.481 e. The van der Waals surface area contributed by atoms with Gasteiger partial charge >= 0.3 is 5.97 Å². The number of carbonyl (C=O) groups is 1. The molecule has 0 radical (unpaired) electrons. The molecule has 19 heavy (non-hydrogen) atoms. The molecule has 0 spiro atoms. The predicted octanol–water partition coefficient (Wildman–Crippen LogP) is 3.80. The van der Waals surface area contributed by atoms with E-state index in [1.54, 1.807) is 0 Å². The van der Waals surface area contributed by atoms with Gasteiger partial charge in [-0.25, -0.2) is 0 Å². The van der Waals surface area contributed by atoms with Gasteiger partial charge in [0.15, 0.2) is 0 Å². The maximum absolute atomic E-state index is 11.0. The van der Waals surface area contributed by atoms with Crippen molar-refractivity contribution in [1.29, 1.82) is 0 Å². The van der Waals surface area contributed by atoms with Gasteiger partial charge in [-0.2, -0.15) is 11.8 Å². The third-order valence-corrected chi connectivity index (χ3v) is 5.58. The second-order valence-corrected chi connectivity index (χ2v) is 7.09. The summed E-state index contributed by atoms with van der Waals surface area (Å²) in [5, 5.41) is 9.07. The van der Waals surface area contributed by atoms with E-state index in [2.05, 4.69) is 24.3 Å². The molecule has 0 unspecified atom stereocenters. The van der Waals surface area contributed by atoms with E-state index in [0.717, 1.165) is 12.8 Å². The summed E-state index contributed by atoms with van der Waals surface area (Å²) in [6, 6.07) is 8.75. The fraction of sp³-hybridized carbons (Fsp3) is 0.562. The molecule has 3 heteroatoms. The first-order chi connectivity index (χ1) is 9.20. The highest BCUT2D eigenvalue weighted by molar-refractivity contribution is 7.99. The lowest BCUT2D eigenvalue weighted by atomic mass is 9.86. The fourth-order valence-electron chi connectivity index (χ4n) is 3.16. The Balaban J connectivity index is 1.81. The lowest BCUT2D eigenvalue weighted by Gasteiger charge is -2.23. The molecule has 0 atom stereocenters. The molecule has 1 saturated carbocycles. The average molecular weight is 276 g/mol. The zero-order valence-electron chi connectivity index (χ0n) is 11.1. The molecule has 1 N–H and O–H groups in total. The van der Waals surface area contributed by atoms with Crippen LogP contribution >= 0.6 is 11.8 Å². The second kappa shape index (κ2) is 5.20. The zero-order chi connectivity index (χ0) is 13.3. The number of thioether (sulfide) groups is 1. The minimum atomic E-state index is -0.669. The molecular weight excluding hydrogens is 256 g/mol. The van der Waals surface area contributed by atoms with Gasteiger partial charge in [-0.15, -0.1) is 0 Å². The Hall–Kier alpha value is -0.960. The molecule has 0 aromatic heterocycles. The normalized spacial score (nSPS) is 22.1. The van der Waals surface area contributed by atoms with Crippen molar-refractivity contribution in [2.24, 2.45) is 0 Å². The zero-order valence-corrected chi connectivity index (χ0v) is 11.9. The van der Waals surface area contributed by atoms with E-state index in [1.807, 2.05) is 11.8 Å². The monoisotopic (exact) mass is 276 g/mol. The second-order valence-electron chi connectivity index (χ2n) is 5.86. The summed E-state index contributed by atoms with van der Waals surface area (Å²) in [5.41, 5.74) is 2.63. The van der Waals surface area contributed by atoms with Gasteiger partial charge in [0.2, 0.25) is 0 Å². The van der Waals surface area contributed by atoms with Gasteiger partial charge in [0, 0.05) is 5.41 Å². The van der Waals surface area contributed by atoms with Crippen LogP contribution in [0.25, 0.3) is 0 Å². The van der Waals surface area contributed by atoms with Crippen molar-refractivity contribution in [2.45, 2.75) is 43.4 Å². The largest absolute Gasteiger partial charge is 0.481 e. The van der Waals surface area contributed by atoms with Crippen LogP contribution in [0, 0.1) is 0 Å². The number of hydrogen-bond donors (Lipinski definition) is 1. The molecule has 102 valence electrons. The Morgan fingerprint density at radius 3 is 2.68 bits per heavy atom. The third-order valence-electron chi connectivity index (χ3n) is 4.53. The standard InChI is InChI=1S/C16H20O2S/c17-15(18)11-16(6-7-16)14-3-1-2-13(10-14)12-4-8-19-9-5-12/h1-3,10,12H,4-9,11H2,(H,17,18). The minimum absolute atomic E-state index is 0.0503. The Bertz CT molecular complexity index is 473. The van der Waals surface area contributed by atoms with Crippen molar-refractivity contribution >= 4 is 17.7 Å². The summed E-state index contributed by atoms with van der Waals surface area (Å²) in [7, 11) is 0. The Morgan fingerprint density at radius 2 is 2.05 bits per heavy atom. The summed E-state index contributed by atoms with van der Waals surface area (Å²) in [6.45, 7) is 0. The molecule has 1 heterocycles. The number of rotatable bonds is 4. The average Bonchev–Trinajstić information content (AvgIpc) is 3.20. The van der Waals surface area contributed by atoms with Crippen molar-refractivity contribution < 1.29 is 9.90 Å². The van der Waals surface area contributed by atoms with Gasteiger partial charge in [-0.1, -0.05) is 24.3 Å². The molecule has 1 aliphatic heterocycles. The van der Waals surface area contributed by atoms with E-state index in [0.29, 0.717) is 5.92 Å². The van der Waals surface area contributed by atoms with E-state index in [1.165, 1.54) is 35.5 Å². The van der Waals surface area contributed by atoms with E-state index in [9.17, 15) is 4.79 Å². The number of benzene rings is 1. The van der Waals surface area contributed by atoms with Crippen LogP contribution in [-0.2, 0) is 10.2 Å². The Kier molecular flexibility index (Phi) is 3.57. The van der Waals surface area contributed by atoms with Gasteiger partial charge in [0.05, 0.1) is 6.42 Å². The molecule has 1 saturated heterocycles. The van der Waals surface area contributed by atoms with Crippen molar-refractivity contribution in [3.05, 3.63) is 35.4 Å². The van der Waals surface area contributed by atoms with Crippen LogP contribution < -0.4 is 0 Å².